The predicted octanol–water partition coefficient (Wildman–Crippen LogP) is 1.30. The van der Waals surface area contributed by atoms with Crippen LogP contribution in [-0.4, -0.2) is 4.98 Å². The van der Waals surface area contributed by atoms with Crippen molar-refractivity contribution < 1.29 is 17.6 Å². The van der Waals surface area contributed by atoms with Gasteiger partial charge in [-0.3, -0.25) is 4.98 Å². The number of aromatic amines is 1. The van der Waals surface area contributed by atoms with Crippen LogP contribution in [0, 0.1) is 6.92 Å². The summed E-state index contributed by atoms with van der Waals surface area (Å²) in [6.07, 6.45) is -4.59. The molecule has 0 saturated heterocycles. The molecule has 0 aliphatic carbocycles. The van der Waals surface area contributed by atoms with Gasteiger partial charge >= 0.3 is 11.9 Å². The van der Waals surface area contributed by atoms with E-state index in [-0.39, 0.29) is 5.69 Å². The van der Waals surface area contributed by atoms with Crippen molar-refractivity contribution in [2.45, 2.75) is 13.1 Å². The fraction of sp³-hybridized carbons (Fsp3) is 0.400. The van der Waals surface area contributed by atoms with E-state index in [1.165, 1.54) is 0 Å². The van der Waals surface area contributed by atoms with E-state index in [4.69, 9.17) is 0 Å². The zero-order valence-corrected chi connectivity index (χ0v) is 5.45. The minimum absolute atomic E-state index is 0.303. The van der Waals surface area contributed by atoms with Crippen molar-refractivity contribution in [1.29, 1.82) is 0 Å². The number of H-pyrrole nitrogens is 1. The number of rotatable bonds is 0. The normalized spacial score (nSPS) is 12.0. The van der Waals surface area contributed by atoms with Gasteiger partial charge in [-0.25, -0.2) is 4.79 Å². The molecule has 0 radical (unpaired) electrons. The monoisotopic (exact) mass is 167 g/mol. The molecular weight excluding hydrogens is 163 g/mol. The summed E-state index contributed by atoms with van der Waals surface area (Å²) in [5.74, 6) is -2.35. The molecule has 6 heteroatoms. The van der Waals surface area contributed by atoms with Crippen LogP contribution in [0.15, 0.2) is 9.21 Å². The van der Waals surface area contributed by atoms with Crippen molar-refractivity contribution in [1.82, 2.24) is 4.98 Å². The average Bonchev–Trinajstić information content (AvgIpc) is 2.08. The number of aromatic nitrogens is 1. The number of halogens is 3. The summed E-state index contributed by atoms with van der Waals surface area (Å²) in [4.78, 5) is 12.1. The molecule has 62 valence electrons. The molecule has 0 aliphatic heterocycles. The minimum Gasteiger partial charge on any atom is -0.403 e. The molecule has 11 heavy (non-hydrogen) atoms. The second-order valence-corrected chi connectivity index (χ2v) is 1.97. The van der Waals surface area contributed by atoms with Crippen molar-refractivity contribution in [2.75, 3.05) is 0 Å². The molecule has 3 nitrogen and oxygen atoms in total. The Hall–Kier alpha value is -1.20. The maximum absolute atomic E-state index is 11.8. The van der Waals surface area contributed by atoms with Crippen molar-refractivity contribution in [3.05, 3.63) is 22.0 Å². The quantitative estimate of drug-likeness (QED) is 0.632. The van der Waals surface area contributed by atoms with E-state index in [9.17, 15) is 18.0 Å². The van der Waals surface area contributed by atoms with Crippen LogP contribution in [0.25, 0.3) is 0 Å². The van der Waals surface area contributed by atoms with Crippen molar-refractivity contribution in [3.8, 4) is 0 Å². The third-order valence-electron chi connectivity index (χ3n) is 1.08. The Labute approximate surface area is 58.8 Å². The lowest BCUT2D eigenvalue weighted by Gasteiger charge is -2.00. The lowest BCUT2D eigenvalue weighted by Crippen LogP contribution is -2.05. The number of nitrogens with one attached hydrogen (secondary N) is 1. The highest BCUT2D eigenvalue weighted by atomic mass is 19.4. The highest BCUT2D eigenvalue weighted by Gasteiger charge is 2.37. The summed E-state index contributed by atoms with van der Waals surface area (Å²) >= 11 is 0. The van der Waals surface area contributed by atoms with Gasteiger partial charge in [0.2, 0.25) is 5.76 Å². The number of alkyl halides is 3. The van der Waals surface area contributed by atoms with Gasteiger partial charge in [-0.2, -0.15) is 13.2 Å². The Balaban J connectivity index is 3.24. The van der Waals surface area contributed by atoms with Gasteiger partial charge in [0.15, 0.2) is 0 Å². The molecule has 1 aromatic heterocycles. The van der Waals surface area contributed by atoms with Crippen LogP contribution >= 0.6 is 0 Å². The van der Waals surface area contributed by atoms with Gasteiger partial charge < -0.3 is 4.42 Å². The predicted molar refractivity (Wildman–Crippen MR) is 29.1 cm³/mol. The molecule has 1 N–H and O–H groups in total. The second kappa shape index (κ2) is 2.14. The molecule has 1 heterocycles. The van der Waals surface area contributed by atoms with Crippen LogP contribution in [0.2, 0.25) is 0 Å². The summed E-state index contributed by atoms with van der Waals surface area (Å²) in [6, 6.07) is 0. The maximum Gasteiger partial charge on any atom is 0.451 e. The molecule has 1 aromatic rings. The third-order valence-corrected chi connectivity index (χ3v) is 1.08. The summed E-state index contributed by atoms with van der Waals surface area (Å²) < 4.78 is 39.3. The Morgan fingerprint density at radius 3 is 2.18 bits per heavy atom. The number of hydrogen-bond donors (Lipinski definition) is 1. The van der Waals surface area contributed by atoms with Gasteiger partial charge in [-0.1, -0.05) is 0 Å². The zero-order valence-electron chi connectivity index (χ0n) is 5.45. The van der Waals surface area contributed by atoms with Gasteiger partial charge in [-0.05, 0) is 6.92 Å². The molecule has 0 amide bonds. The number of oxazole rings is 1. The summed E-state index contributed by atoms with van der Waals surface area (Å²) in [5.41, 5.74) is -0.303. The lowest BCUT2D eigenvalue weighted by molar-refractivity contribution is -0.154. The van der Waals surface area contributed by atoms with Crippen molar-refractivity contribution in [3.63, 3.8) is 0 Å². The number of aryl methyl sites for hydroxylation is 1. The van der Waals surface area contributed by atoms with Crippen LogP contribution in [0.5, 0.6) is 0 Å². The number of hydrogen-bond acceptors (Lipinski definition) is 2. The van der Waals surface area contributed by atoms with Gasteiger partial charge in [0.25, 0.3) is 0 Å². The van der Waals surface area contributed by atoms with E-state index >= 15 is 0 Å². The first kappa shape index (κ1) is 7.90. The molecule has 0 spiro atoms. The van der Waals surface area contributed by atoms with Crippen molar-refractivity contribution >= 4 is 0 Å². The summed E-state index contributed by atoms with van der Waals surface area (Å²) in [6.45, 7) is 1.12. The van der Waals surface area contributed by atoms with Crippen molar-refractivity contribution in [2.24, 2.45) is 0 Å². The van der Waals surface area contributed by atoms with Gasteiger partial charge in [0.05, 0.1) is 5.69 Å². The first-order valence-corrected chi connectivity index (χ1v) is 2.68. The zero-order chi connectivity index (χ0) is 8.65. The van der Waals surface area contributed by atoms with Crippen LogP contribution in [0.1, 0.15) is 11.5 Å². The van der Waals surface area contributed by atoms with Gasteiger partial charge in [-0.15, -0.1) is 0 Å². The third kappa shape index (κ3) is 1.44. The largest absolute Gasteiger partial charge is 0.451 e. The minimum atomic E-state index is -4.59. The van der Waals surface area contributed by atoms with Crippen LogP contribution in [0.3, 0.4) is 0 Å². The maximum atomic E-state index is 11.8. The molecule has 1 rings (SSSR count). The van der Waals surface area contributed by atoms with Gasteiger partial charge in [0, 0.05) is 0 Å². The van der Waals surface area contributed by atoms with E-state index in [2.05, 4.69) is 4.42 Å². The SMILES string of the molecule is Cc1[nH]c(=O)oc1C(F)(F)F. The van der Waals surface area contributed by atoms with E-state index in [0.29, 0.717) is 0 Å². The summed E-state index contributed by atoms with van der Waals surface area (Å²) in [5, 5.41) is 0. The Bertz CT molecular complexity index is 308. The van der Waals surface area contributed by atoms with E-state index < -0.39 is 17.7 Å². The second-order valence-electron chi connectivity index (χ2n) is 1.97. The Kier molecular flexibility index (Phi) is 1.54. The van der Waals surface area contributed by atoms with Gasteiger partial charge in [0.1, 0.15) is 0 Å². The van der Waals surface area contributed by atoms with Crippen LogP contribution in [-0.2, 0) is 6.18 Å². The molecule has 0 fully saturated rings. The molecule has 0 aliphatic rings. The topological polar surface area (TPSA) is 46.0 Å². The molecule has 0 saturated carbocycles. The first-order chi connectivity index (χ1) is 4.91. The highest BCUT2D eigenvalue weighted by Crippen LogP contribution is 2.29. The molecule has 0 bridgehead atoms. The van der Waals surface area contributed by atoms with Crippen LogP contribution in [0.4, 0.5) is 13.2 Å². The standard InChI is InChI=1S/C5H4F3NO2/c1-2-3(5(6,7)8)11-4(10)9-2/h1H3,(H,9,10). The van der Waals surface area contributed by atoms with E-state index in [1.54, 1.807) is 0 Å². The Morgan fingerprint density at radius 2 is 2.00 bits per heavy atom. The average molecular weight is 167 g/mol. The van der Waals surface area contributed by atoms with E-state index in [1.807, 2.05) is 4.98 Å². The summed E-state index contributed by atoms with van der Waals surface area (Å²) in [7, 11) is 0. The molecule has 0 atom stereocenters. The molecular formula is C5H4F3NO2. The Morgan fingerprint density at radius 1 is 1.45 bits per heavy atom. The molecule has 0 unspecified atom stereocenters. The smallest absolute Gasteiger partial charge is 0.403 e. The highest BCUT2D eigenvalue weighted by molar-refractivity contribution is 5.07. The first-order valence-electron chi connectivity index (χ1n) is 2.68. The molecule has 0 aromatic carbocycles. The van der Waals surface area contributed by atoms with Crippen LogP contribution < -0.4 is 5.76 Å². The fourth-order valence-electron chi connectivity index (χ4n) is 0.675. The van der Waals surface area contributed by atoms with E-state index in [0.717, 1.165) is 6.92 Å². The fourth-order valence-corrected chi connectivity index (χ4v) is 0.675. The lowest BCUT2D eigenvalue weighted by atomic mass is 10.4.